The van der Waals surface area contributed by atoms with Gasteiger partial charge < -0.3 is 25.2 Å². The quantitative estimate of drug-likeness (QED) is 0.823. The fourth-order valence-electron chi connectivity index (χ4n) is 2.91. The summed E-state index contributed by atoms with van der Waals surface area (Å²) in [5.74, 6) is 0.731. The number of benzene rings is 2. The highest BCUT2D eigenvalue weighted by Crippen LogP contribution is 2.16. The van der Waals surface area contributed by atoms with Crippen molar-refractivity contribution in [3.63, 3.8) is 0 Å². The molecule has 3 rings (SSSR count). The number of urea groups is 2. The first-order valence-electron chi connectivity index (χ1n) is 9.03. The van der Waals surface area contributed by atoms with Gasteiger partial charge in [0, 0.05) is 43.4 Å². The molecule has 2 aromatic rings. The highest BCUT2D eigenvalue weighted by molar-refractivity contribution is 6.31. The van der Waals surface area contributed by atoms with Gasteiger partial charge in [0.1, 0.15) is 5.75 Å². The van der Waals surface area contributed by atoms with Gasteiger partial charge in [0.15, 0.2) is 0 Å². The number of ether oxygens (including phenoxy) is 1. The summed E-state index contributed by atoms with van der Waals surface area (Å²) in [6, 6.07) is 14.2. The number of rotatable bonds is 4. The molecule has 0 unspecified atom stereocenters. The van der Waals surface area contributed by atoms with Gasteiger partial charge in [-0.05, 0) is 35.9 Å². The van der Waals surface area contributed by atoms with E-state index in [9.17, 15) is 9.59 Å². The summed E-state index contributed by atoms with van der Waals surface area (Å²) in [6.07, 6.45) is 0. The Hall–Kier alpha value is -2.93. The third kappa shape index (κ3) is 5.07. The molecular formula is C20H23ClN4O3. The van der Waals surface area contributed by atoms with Crippen molar-refractivity contribution < 1.29 is 14.3 Å². The minimum atomic E-state index is -0.179. The monoisotopic (exact) mass is 402 g/mol. The lowest BCUT2D eigenvalue weighted by molar-refractivity contribution is 0.149. The molecule has 0 aromatic heterocycles. The van der Waals surface area contributed by atoms with Gasteiger partial charge in [0.25, 0.3) is 0 Å². The van der Waals surface area contributed by atoms with Gasteiger partial charge in [-0.15, -0.1) is 0 Å². The van der Waals surface area contributed by atoms with E-state index in [0.717, 1.165) is 11.3 Å². The third-order valence-electron chi connectivity index (χ3n) is 4.58. The second-order valence-corrected chi connectivity index (χ2v) is 6.79. The lowest BCUT2D eigenvalue weighted by Crippen LogP contribution is -2.53. The predicted molar refractivity (Wildman–Crippen MR) is 109 cm³/mol. The predicted octanol–water partition coefficient (Wildman–Crippen LogP) is 3.41. The molecule has 0 spiro atoms. The van der Waals surface area contributed by atoms with Crippen molar-refractivity contribution in [1.29, 1.82) is 0 Å². The van der Waals surface area contributed by atoms with Crippen LogP contribution in [0, 0.1) is 0 Å². The van der Waals surface area contributed by atoms with Crippen molar-refractivity contribution in [3.8, 4) is 5.75 Å². The molecule has 0 bridgehead atoms. The Bertz CT molecular complexity index is 820. The van der Waals surface area contributed by atoms with E-state index in [0.29, 0.717) is 43.4 Å². The van der Waals surface area contributed by atoms with Crippen LogP contribution in [0.4, 0.5) is 15.3 Å². The molecule has 1 aliphatic rings. The molecule has 1 fully saturated rings. The standard InChI is InChI=1S/C20H23ClN4O3/c1-28-17-8-6-16(7-9-17)23-20(27)25-12-10-24(11-13-25)19(26)22-14-15-4-2-3-5-18(15)21/h2-9H,10-14H2,1H3,(H,22,26)(H,23,27). The molecule has 1 aliphatic heterocycles. The number of nitrogens with zero attached hydrogens (tertiary/aromatic N) is 2. The van der Waals surface area contributed by atoms with Gasteiger partial charge in [-0.2, -0.15) is 0 Å². The van der Waals surface area contributed by atoms with Gasteiger partial charge in [-0.1, -0.05) is 29.8 Å². The van der Waals surface area contributed by atoms with Crippen LogP contribution in [0.15, 0.2) is 48.5 Å². The average Bonchev–Trinajstić information content (AvgIpc) is 2.73. The van der Waals surface area contributed by atoms with E-state index in [2.05, 4.69) is 10.6 Å². The summed E-state index contributed by atoms with van der Waals surface area (Å²) >= 11 is 6.11. The molecule has 1 saturated heterocycles. The van der Waals surface area contributed by atoms with E-state index >= 15 is 0 Å². The zero-order valence-electron chi connectivity index (χ0n) is 15.7. The topological polar surface area (TPSA) is 73.9 Å². The molecule has 1 heterocycles. The maximum Gasteiger partial charge on any atom is 0.321 e. The average molecular weight is 403 g/mol. The zero-order valence-corrected chi connectivity index (χ0v) is 16.4. The summed E-state index contributed by atoms with van der Waals surface area (Å²) in [7, 11) is 1.59. The minimum Gasteiger partial charge on any atom is -0.497 e. The SMILES string of the molecule is COc1ccc(NC(=O)N2CCN(C(=O)NCc3ccccc3Cl)CC2)cc1. The molecule has 0 saturated carbocycles. The van der Waals surface area contributed by atoms with Crippen LogP contribution in [0.1, 0.15) is 5.56 Å². The number of carbonyl (C=O) groups excluding carboxylic acids is 2. The summed E-state index contributed by atoms with van der Waals surface area (Å²) in [6.45, 7) is 2.27. The number of hydrogen-bond donors (Lipinski definition) is 2. The first kappa shape index (κ1) is 19.8. The Morgan fingerprint density at radius 2 is 1.57 bits per heavy atom. The van der Waals surface area contributed by atoms with Crippen LogP contribution < -0.4 is 15.4 Å². The normalized spacial score (nSPS) is 13.8. The summed E-state index contributed by atoms with van der Waals surface area (Å²) < 4.78 is 5.11. The number of carbonyl (C=O) groups is 2. The number of methoxy groups -OCH3 is 1. The number of hydrogen-bond acceptors (Lipinski definition) is 3. The molecule has 0 atom stereocenters. The van der Waals surface area contributed by atoms with Crippen LogP contribution in [-0.4, -0.2) is 55.2 Å². The fourth-order valence-corrected chi connectivity index (χ4v) is 3.12. The van der Waals surface area contributed by atoms with E-state index in [1.165, 1.54) is 0 Å². The summed E-state index contributed by atoms with van der Waals surface area (Å²) in [4.78, 5) is 28.1. The van der Waals surface area contributed by atoms with E-state index < -0.39 is 0 Å². The highest BCUT2D eigenvalue weighted by Gasteiger charge is 2.24. The van der Waals surface area contributed by atoms with Crippen LogP contribution in [0.25, 0.3) is 0 Å². The number of amides is 4. The minimum absolute atomic E-state index is 0.157. The summed E-state index contributed by atoms with van der Waals surface area (Å²) in [5, 5.41) is 6.36. The molecule has 28 heavy (non-hydrogen) atoms. The van der Waals surface area contributed by atoms with Crippen LogP contribution >= 0.6 is 11.6 Å². The summed E-state index contributed by atoms with van der Waals surface area (Å²) in [5.41, 5.74) is 1.57. The first-order chi connectivity index (χ1) is 13.6. The molecule has 4 amide bonds. The van der Waals surface area contributed by atoms with Crippen molar-refractivity contribution in [2.75, 3.05) is 38.6 Å². The number of halogens is 1. The molecule has 148 valence electrons. The fraction of sp³-hybridized carbons (Fsp3) is 0.300. The van der Waals surface area contributed by atoms with Crippen LogP contribution in [-0.2, 0) is 6.54 Å². The van der Waals surface area contributed by atoms with Crippen molar-refractivity contribution in [2.24, 2.45) is 0 Å². The lowest BCUT2D eigenvalue weighted by Gasteiger charge is -2.34. The smallest absolute Gasteiger partial charge is 0.321 e. The molecule has 7 nitrogen and oxygen atoms in total. The Balaban J connectivity index is 1.44. The van der Waals surface area contributed by atoms with Gasteiger partial charge in [-0.3, -0.25) is 0 Å². The number of anilines is 1. The zero-order chi connectivity index (χ0) is 19.9. The largest absolute Gasteiger partial charge is 0.497 e. The number of nitrogens with one attached hydrogen (secondary N) is 2. The van der Waals surface area contributed by atoms with E-state index in [1.54, 1.807) is 47.2 Å². The Labute approximate surface area is 169 Å². The van der Waals surface area contributed by atoms with Crippen LogP contribution in [0.2, 0.25) is 5.02 Å². The van der Waals surface area contributed by atoms with Gasteiger partial charge in [-0.25, -0.2) is 9.59 Å². The van der Waals surface area contributed by atoms with Gasteiger partial charge in [0.2, 0.25) is 0 Å². The van der Waals surface area contributed by atoms with E-state index in [1.807, 2.05) is 18.2 Å². The molecule has 0 radical (unpaired) electrons. The van der Waals surface area contributed by atoms with E-state index in [4.69, 9.17) is 16.3 Å². The second kappa shape index (κ2) is 9.32. The third-order valence-corrected chi connectivity index (χ3v) is 4.95. The van der Waals surface area contributed by atoms with Crippen LogP contribution in [0.3, 0.4) is 0 Å². The Kier molecular flexibility index (Phi) is 6.60. The maximum absolute atomic E-state index is 12.4. The molecule has 8 heteroatoms. The Morgan fingerprint density at radius 1 is 0.964 bits per heavy atom. The first-order valence-corrected chi connectivity index (χ1v) is 9.41. The second-order valence-electron chi connectivity index (χ2n) is 6.38. The van der Waals surface area contributed by atoms with Gasteiger partial charge in [0.05, 0.1) is 7.11 Å². The van der Waals surface area contributed by atoms with Crippen molar-refractivity contribution in [1.82, 2.24) is 15.1 Å². The molecular weight excluding hydrogens is 380 g/mol. The highest BCUT2D eigenvalue weighted by atomic mass is 35.5. The molecule has 2 aromatic carbocycles. The number of piperazine rings is 1. The van der Waals surface area contributed by atoms with Gasteiger partial charge >= 0.3 is 12.1 Å². The van der Waals surface area contributed by atoms with E-state index in [-0.39, 0.29) is 12.1 Å². The molecule has 2 N–H and O–H groups in total. The lowest BCUT2D eigenvalue weighted by atomic mass is 10.2. The van der Waals surface area contributed by atoms with Crippen molar-refractivity contribution in [2.45, 2.75) is 6.54 Å². The van der Waals surface area contributed by atoms with Crippen molar-refractivity contribution in [3.05, 3.63) is 59.1 Å². The maximum atomic E-state index is 12.4. The van der Waals surface area contributed by atoms with Crippen LogP contribution in [0.5, 0.6) is 5.75 Å². The Morgan fingerprint density at radius 3 is 2.18 bits per heavy atom. The van der Waals surface area contributed by atoms with Crippen molar-refractivity contribution >= 4 is 29.4 Å². The molecule has 0 aliphatic carbocycles.